The molecule has 1 saturated heterocycles. The van der Waals surface area contributed by atoms with E-state index in [0.29, 0.717) is 19.0 Å². The highest BCUT2D eigenvalue weighted by atomic mass is 35.5. The van der Waals surface area contributed by atoms with Crippen LogP contribution in [0.3, 0.4) is 0 Å². The van der Waals surface area contributed by atoms with Gasteiger partial charge < -0.3 is 5.32 Å². The zero-order valence-corrected chi connectivity index (χ0v) is 13.7. The molecule has 126 valence electrons. The first-order valence-corrected chi connectivity index (χ1v) is 8.16. The van der Waals surface area contributed by atoms with Gasteiger partial charge in [-0.3, -0.25) is 0 Å². The van der Waals surface area contributed by atoms with Gasteiger partial charge in [-0.05, 0) is 37.6 Å². The first-order valence-electron chi connectivity index (χ1n) is 6.30. The molecule has 0 aromatic heterocycles. The van der Waals surface area contributed by atoms with Gasteiger partial charge in [-0.25, -0.2) is 13.1 Å². The third kappa shape index (κ3) is 4.73. The average molecular weight is 379 g/mol. The Balaban J connectivity index is 0.00000242. The smallest absolute Gasteiger partial charge is 0.315 e. The van der Waals surface area contributed by atoms with Gasteiger partial charge in [0.05, 0.1) is 10.5 Å². The largest absolute Gasteiger partial charge is 0.417 e. The molecule has 0 amide bonds. The van der Waals surface area contributed by atoms with E-state index in [9.17, 15) is 21.6 Å². The fraction of sp³-hybridized carbons (Fsp3) is 0.500. The molecule has 1 aromatic carbocycles. The van der Waals surface area contributed by atoms with Crippen molar-refractivity contribution < 1.29 is 21.6 Å². The summed E-state index contributed by atoms with van der Waals surface area (Å²) >= 11 is 5.54. The fourth-order valence-electron chi connectivity index (χ4n) is 2.19. The minimum absolute atomic E-state index is 0. The van der Waals surface area contributed by atoms with Gasteiger partial charge in [0.15, 0.2) is 0 Å². The van der Waals surface area contributed by atoms with E-state index >= 15 is 0 Å². The van der Waals surface area contributed by atoms with Crippen LogP contribution in [0.2, 0.25) is 5.02 Å². The van der Waals surface area contributed by atoms with E-state index in [1.54, 1.807) is 0 Å². The maximum atomic E-state index is 13.0. The predicted molar refractivity (Wildman–Crippen MR) is 79.9 cm³/mol. The summed E-state index contributed by atoms with van der Waals surface area (Å²) in [7, 11) is -4.26. The lowest BCUT2D eigenvalue weighted by Gasteiger charge is -2.24. The number of rotatable bonds is 3. The predicted octanol–water partition coefficient (Wildman–Crippen LogP) is 2.81. The SMILES string of the molecule is Cl.O=S(=O)(N[C@@H]1CCCNC1)c1ccc(Cl)cc1C(F)(F)F. The van der Waals surface area contributed by atoms with Crippen molar-refractivity contribution in [3.8, 4) is 0 Å². The Morgan fingerprint density at radius 3 is 2.55 bits per heavy atom. The zero-order chi connectivity index (χ0) is 15.7. The minimum atomic E-state index is -4.79. The van der Waals surface area contributed by atoms with Crippen LogP contribution in [0.15, 0.2) is 23.1 Å². The number of hydrogen-bond donors (Lipinski definition) is 2. The molecule has 0 saturated carbocycles. The molecule has 0 unspecified atom stereocenters. The topological polar surface area (TPSA) is 58.2 Å². The Morgan fingerprint density at radius 2 is 2.00 bits per heavy atom. The number of alkyl halides is 3. The molecule has 22 heavy (non-hydrogen) atoms. The van der Waals surface area contributed by atoms with E-state index in [0.717, 1.165) is 25.1 Å². The third-order valence-electron chi connectivity index (χ3n) is 3.16. The van der Waals surface area contributed by atoms with Gasteiger partial charge in [0.2, 0.25) is 10.0 Å². The first-order chi connectivity index (χ1) is 9.70. The average Bonchev–Trinajstić information content (AvgIpc) is 2.38. The van der Waals surface area contributed by atoms with Crippen LogP contribution in [0, 0.1) is 0 Å². The quantitative estimate of drug-likeness (QED) is 0.849. The molecule has 1 aliphatic rings. The van der Waals surface area contributed by atoms with E-state index in [1.807, 2.05) is 0 Å². The molecule has 0 bridgehead atoms. The molecule has 2 N–H and O–H groups in total. The van der Waals surface area contributed by atoms with Gasteiger partial charge in [-0.15, -0.1) is 12.4 Å². The second-order valence-corrected chi connectivity index (χ2v) is 6.92. The highest BCUT2D eigenvalue weighted by Gasteiger charge is 2.38. The van der Waals surface area contributed by atoms with Crippen LogP contribution >= 0.6 is 24.0 Å². The normalized spacial score (nSPS) is 19.5. The maximum Gasteiger partial charge on any atom is 0.417 e. The molecule has 1 aromatic rings. The van der Waals surface area contributed by atoms with Gasteiger partial charge in [0.25, 0.3) is 0 Å². The van der Waals surface area contributed by atoms with Crippen molar-refractivity contribution >= 4 is 34.0 Å². The van der Waals surface area contributed by atoms with Crippen LogP contribution in [0.5, 0.6) is 0 Å². The fourth-order valence-corrected chi connectivity index (χ4v) is 3.84. The number of halogens is 5. The molecule has 1 fully saturated rings. The summed E-state index contributed by atoms with van der Waals surface area (Å²) in [5, 5.41) is 2.83. The number of piperidine rings is 1. The van der Waals surface area contributed by atoms with Crippen molar-refractivity contribution in [1.29, 1.82) is 0 Å². The monoisotopic (exact) mass is 378 g/mol. The summed E-state index contributed by atoms with van der Waals surface area (Å²) in [4.78, 5) is -0.801. The molecule has 2 rings (SSSR count). The zero-order valence-electron chi connectivity index (χ0n) is 11.3. The minimum Gasteiger partial charge on any atom is -0.315 e. The van der Waals surface area contributed by atoms with E-state index in [2.05, 4.69) is 10.0 Å². The van der Waals surface area contributed by atoms with E-state index < -0.39 is 32.7 Å². The lowest BCUT2D eigenvalue weighted by atomic mass is 10.1. The van der Waals surface area contributed by atoms with Crippen molar-refractivity contribution in [2.24, 2.45) is 0 Å². The second-order valence-electron chi connectivity index (χ2n) is 4.80. The highest BCUT2D eigenvalue weighted by molar-refractivity contribution is 7.89. The molecule has 1 aliphatic heterocycles. The van der Waals surface area contributed by atoms with Crippen LogP contribution < -0.4 is 10.0 Å². The van der Waals surface area contributed by atoms with Gasteiger partial charge in [0, 0.05) is 17.6 Å². The highest BCUT2D eigenvalue weighted by Crippen LogP contribution is 2.35. The molecular formula is C12H15Cl2F3N2O2S. The Labute approximate surface area is 137 Å². The Bertz CT molecular complexity index is 617. The van der Waals surface area contributed by atoms with Gasteiger partial charge in [-0.1, -0.05) is 11.6 Å². The van der Waals surface area contributed by atoms with Crippen molar-refractivity contribution in [2.45, 2.75) is 30.0 Å². The standard InChI is InChI=1S/C12H14ClF3N2O2S.ClH/c13-8-3-4-11(10(6-8)12(14,15)16)21(19,20)18-9-2-1-5-17-7-9;/h3-4,6,9,17-18H,1-2,5,7H2;1H/t9-;/m1./s1. The number of nitrogens with one attached hydrogen (secondary N) is 2. The summed E-state index contributed by atoms with van der Waals surface area (Å²) in [5.41, 5.74) is -1.26. The van der Waals surface area contributed by atoms with Crippen LogP contribution in [0.4, 0.5) is 13.2 Å². The number of hydrogen-bond acceptors (Lipinski definition) is 3. The molecule has 1 atom stereocenters. The summed E-state index contributed by atoms with van der Waals surface area (Å²) in [6.07, 6.45) is -3.44. The number of sulfonamides is 1. The van der Waals surface area contributed by atoms with Crippen molar-refractivity contribution in [2.75, 3.05) is 13.1 Å². The Morgan fingerprint density at radius 1 is 1.32 bits per heavy atom. The first kappa shape index (κ1) is 19.5. The van der Waals surface area contributed by atoms with E-state index in [-0.39, 0.29) is 17.4 Å². The molecule has 0 spiro atoms. The molecule has 4 nitrogen and oxygen atoms in total. The summed E-state index contributed by atoms with van der Waals surface area (Å²) in [5.74, 6) is 0. The summed E-state index contributed by atoms with van der Waals surface area (Å²) < 4.78 is 65.6. The van der Waals surface area contributed by atoms with Crippen LogP contribution in [-0.2, 0) is 16.2 Å². The van der Waals surface area contributed by atoms with Crippen molar-refractivity contribution in [3.05, 3.63) is 28.8 Å². The van der Waals surface area contributed by atoms with Gasteiger partial charge in [-0.2, -0.15) is 13.2 Å². The molecule has 0 radical (unpaired) electrons. The van der Waals surface area contributed by atoms with Crippen molar-refractivity contribution in [1.82, 2.24) is 10.0 Å². The lowest BCUT2D eigenvalue weighted by Crippen LogP contribution is -2.45. The van der Waals surface area contributed by atoms with Crippen LogP contribution in [-0.4, -0.2) is 27.5 Å². The molecular weight excluding hydrogens is 364 g/mol. The van der Waals surface area contributed by atoms with Gasteiger partial charge >= 0.3 is 6.18 Å². The second kappa shape index (κ2) is 7.35. The Kier molecular flexibility index (Phi) is 6.52. The Hall–Kier alpha value is -0.540. The summed E-state index contributed by atoms with van der Waals surface area (Å²) in [6, 6.07) is 2.21. The lowest BCUT2D eigenvalue weighted by molar-refractivity contribution is -0.139. The van der Waals surface area contributed by atoms with Gasteiger partial charge in [0.1, 0.15) is 0 Å². The molecule has 1 heterocycles. The van der Waals surface area contributed by atoms with Crippen molar-refractivity contribution in [3.63, 3.8) is 0 Å². The number of benzene rings is 1. The van der Waals surface area contributed by atoms with Crippen LogP contribution in [0.1, 0.15) is 18.4 Å². The third-order valence-corrected chi connectivity index (χ3v) is 4.97. The van der Waals surface area contributed by atoms with E-state index in [1.165, 1.54) is 0 Å². The summed E-state index contributed by atoms with van der Waals surface area (Å²) in [6.45, 7) is 1.17. The maximum absolute atomic E-state index is 13.0. The van der Waals surface area contributed by atoms with E-state index in [4.69, 9.17) is 11.6 Å². The van der Waals surface area contributed by atoms with Crippen LogP contribution in [0.25, 0.3) is 0 Å². The molecule has 0 aliphatic carbocycles. The molecule has 10 heteroatoms.